The lowest BCUT2D eigenvalue weighted by molar-refractivity contribution is -0.136. The largest absolute Gasteiger partial charge is 0.383 e. The summed E-state index contributed by atoms with van der Waals surface area (Å²) in [6.07, 6.45) is 2.42. The summed E-state index contributed by atoms with van der Waals surface area (Å²) in [4.78, 5) is 30.3. The number of carbonyl (C=O) groups is 2. The fraction of sp³-hybridized carbons (Fsp3) is 0.867. The van der Waals surface area contributed by atoms with Crippen LogP contribution >= 0.6 is 0 Å². The summed E-state index contributed by atoms with van der Waals surface area (Å²) in [6, 6.07) is 0.00489. The van der Waals surface area contributed by atoms with Gasteiger partial charge in [0.2, 0.25) is 11.8 Å². The van der Waals surface area contributed by atoms with E-state index in [1.165, 1.54) is 0 Å². The molecule has 0 radical (unpaired) electrons. The Morgan fingerprint density at radius 2 is 1.95 bits per heavy atom. The molecule has 0 aromatic carbocycles. The quantitative estimate of drug-likeness (QED) is 0.702. The van der Waals surface area contributed by atoms with E-state index in [9.17, 15) is 9.59 Å². The number of piperazine rings is 1. The number of carbonyl (C=O) groups excluding carboxylic acids is 2. The van der Waals surface area contributed by atoms with Gasteiger partial charge >= 0.3 is 0 Å². The van der Waals surface area contributed by atoms with Gasteiger partial charge in [-0.15, -0.1) is 0 Å². The number of methoxy groups -OCH3 is 1. The smallest absolute Gasteiger partial charge is 0.240 e. The maximum Gasteiger partial charge on any atom is 0.240 e. The third-order valence-corrected chi connectivity index (χ3v) is 4.41. The predicted molar refractivity (Wildman–Crippen MR) is 79.9 cm³/mol. The van der Waals surface area contributed by atoms with Gasteiger partial charge in [-0.05, 0) is 12.8 Å². The summed E-state index contributed by atoms with van der Waals surface area (Å²) in [5.74, 6) is 0.469. The molecule has 2 heterocycles. The van der Waals surface area contributed by atoms with Crippen molar-refractivity contribution in [3.63, 3.8) is 0 Å². The number of nitrogens with zero attached hydrogens (tertiary/aromatic N) is 3. The molecule has 120 valence electrons. The van der Waals surface area contributed by atoms with Crippen LogP contribution in [0.25, 0.3) is 0 Å². The lowest BCUT2D eigenvalue weighted by atomic mass is 10.1. The molecule has 0 spiro atoms. The molecule has 2 saturated heterocycles. The fourth-order valence-corrected chi connectivity index (χ4v) is 3.14. The predicted octanol–water partition coefficient (Wildman–Crippen LogP) is 0.178. The average molecular weight is 297 g/mol. The molecule has 0 aromatic heterocycles. The Kier molecular flexibility index (Phi) is 5.99. The molecule has 0 N–H and O–H groups in total. The van der Waals surface area contributed by atoms with Gasteiger partial charge in [0.05, 0.1) is 12.6 Å². The Balaban J connectivity index is 1.80. The molecule has 1 unspecified atom stereocenters. The van der Waals surface area contributed by atoms with Crippen LogP contribution in [-0.4, -0.2) is 85.5 Å². The van der Waals surface area contributed by atoms with Gasteiger partial charge in [0.15, 0.2) is 0 Å². The lowest BCUT2D eigenvalue weighted by Gasteiger charge is -2.37. The van der Waals surface area contributed by atoms with E-state index in [0.717, 1.165) is 45.6 Å². The van der Waals surface area contributed by atoms with Crippen molar-refractivity contribution in [2.45, 2.75) is 32.2 Å². The highest BCUT2D eigenvalue weighted by Crippen LogP contribution is 2.19. The van der Waals surface area contributed by atoms with Gasteiger partial charge in [-0.3, -0.25) is 14.5 Å². The van der Waals surface area contributed by atoms with Crippen LogP contribution in [0.3, 0.4) is 0 Å². The van der Waals surface area contributed by atoms with E-state index in [-0.39, 0.29) is 17.9 Å². The third-order valence-electron chi connectivity index (χ3n) is 4.41. The van der Waals surface area contributed by atoms with E-state index in [0.29, 0.717) is 19.6 Å². The number of hydrogen-bond acceptors (Lipinski definition) is 4. The summed E-state index contributed by atoms with van der Waals surface area (Å²) >= 11 is 0. The van der Waals surface area contributed by atoms with Crippen LogP contribution in [0.15, 0.2) is 0 Å². The molecular formula is C15H27N3O3. The standard InChI is InChI=1S/C15H27N3O3/c1-3-4-14(19)17-9-7-16(8-10-17)13-5-6-18(15(13)20)11-12-21-2/h13H,3-12H2,1-2H3. The van der Waals surface area contributed by atoms with Crippen molar-refractivity contribution in [1.29, 1.82) is 0 Å². The highest BCUT2D eigenvalue weighted by atomic mass is 16.5. The Bertz CT molecular complexity index is 367. The summed E-state index contributed by atoms with van der Waals surface area (Å²) < 4.78 is 5.04. The van der Waals surface area contributed by atoms with Crippen LogP contribution in [0.4, 0.5) is 0 Å². The van der Waals surface area contributed by atoms with Crippen LogP contribution in [0.2, 0.25) is 0 Å². The van der Waals surface area contributed by atoms with Crippen molar-refractivity contribution in [1.82, 2.24) is 14.7 Å². The number of amides is 2. The van der Waals surface area contributed by atoms with Gasteiger partial charge < -0.3 is 14.5 Å². The summed E-state index contributed by atoms with van der Waals surface area (Å²) in [6.45, 7) is 7.25. The van der Waals surface area contributed by atoms with E-state index in [1.807, 2.05) is 16.7 Å². The first-order chi connectivity index (χ1) is 10.2. The Hall–Kier alpha value is -1.14. The summed E-state index contributed by atoms with van der Waals surface area (Å²) in [7, 11) is 1.66. The molecular weight excluding hydrogens is 270 g/mol. The van der Waals surface area contributed by atoms with Gasteiger partial charge in [0.1, 0.15) is 0 Å². The summed E-state index contributed by atoms with van der Waals surface area (Å²) in [5, 5.41) is 0. The molecule has 6 nitrogen and oxygen atoms in total. The van der Waals surface area contributed by atoms with Crippen molar-refractivity contribution in [3.05, 3.63) is 0 Å². The molecule has 0 aromatic rings. The zero-order valence-corrected chi connectivity index (χ0v) is 13.2. The summed E-state index contributed by atoms with van der Waals surface area (Å²) in [5.41, 5.74) is 0. The van der Waals surface area contributed by atoms with Gasteiger partial charge in [0.25, 0.3) is 0 Å². The minimum absolute atomic E-state index is 0.00489. The second-order valence-corrected chi connectivity index (χ2v) is 5.79. The minimum atomic E-state index is 0.00489. The van der Waals surface area contributed by atoms with E-state index in [1.54, 1.807) is 7.11 Å². The molecule has 2 fully saturated rings. The molecule has 2 amide bonds. The van der Waals surface area contributed by atoms with Gasteiger partial charge in [-0.1, -0.05) is 6.92 Å². The van der Waals surface area contributed by atoms with Crippen LogP contribution in [0.5, 0.6) is 0 Å². The monoisotopic (exact) mass is 297 g/mol. The SMILES string of the molecule is CCCC(=O)N1CCN(C2CCN(CCOC)C2=O)CC1. The van der Waals surface area contributed by atoms with E-state index < -0.39 is 0 Å². The zero-order valence-electron chi connectivity index (χ0n) is 13.2. The highest BCUT2D eigenvalue weighted by Gasteiger charge is 2.37. The van der Waals surface area contributed by atoms with Crippen molar-refractivity contribution < 1.29 is 14.3 Å². The fourth-order valence-electron chi connectivity index (χ4n) is 3.14. The third kappa shape index (κ3) is 3.95. The van der Waals surface area contributed by atoms with Crippen molar-refractivity contribution >= 4 is 11.8 Å². The first kappa shape index (κ1) is 16.2. The molecule has 2 aliphatic heterocycles. The van der Waals surface area contributed by atoms with Gasteiger partial charge in [0, 0.05) is 52.8 Å². The second-order valence-electron chi connectivity index (χ2n) is 5.79. The molecule has 0 saturated carbocycles. The Labute approximate surface area is 127 Å². The van der Waals surface area contributed by atoms with Crippen LogP contribution in [0, 0.1) is 0 Å². The average Bonchev–Trinajstić information content (AvgIpc) is 2.86. The molecule has 2 aliphatic rings. The van der Waals surface area contributed by atoms with Gasteiger partial charge in [-0.25, -0.2) is 0 Å². The topological polar surface area (TPSA) is 53.1 Å². The number of hydrogen-bond donors (Lipinski definition) is 0. The Morgan fingerprint density at radius 3 is 2.57 bits per heavy atom. The van der Waals surface area contributed by atoms with E-state index >= 15 is 0 Å². The molecule has 1 atom stereocenters. The normalized spacial score (nSPS) is 23.9. The minimum Gasteiger partial charge on any atom is -0.383 e. The lowest BCUT2D eigenvalue weighted by Crippen LogP contribution is -2.53. The molecule has 0 aliphatic carbocycles. The maximum absolute atomic E-state index is 12.4. The van der Waals surface area contributed by atoms with Crippen LogP contribution < -0.4 is 0 Å². The molecule has 0 bridgehead atoms. The van der Waals surface area contributed by atoms with Crippen LogP contribution in [0.1, 0.15) is 26.2 Å². The maximum atomic E-state index is 12.4. The highest BCUT2D eigenvalue weighted by molar-refractivity contribution is 5.84. The van der Waals surface area contributed by atoms with E-state index in [4.69, 9.17) is 4.74 Å². The molecule has 21 heavy (non-hydrogen) atoms. The molecule has 6 heteroatoms. The number of ether oxygens (including phenoxy) is 1. The van der Waals surface area contributed by atoms with Crippen LogP contribution in [-0.2, 0) is 14.3 Å². The van der Waals surface area contributed by atoms with E-state index in [2.05, 4.69) is 4.90 Å². The Morgan fingerprint density at radius 1 is 1.24 bits per heavy atom. The van der Waals surface area contributed by atoms with Gasteiger partial charge in [-0.2, -0.15) is 0 Å². The van der Waals surface area contributed by atoms with Crippen molar-refractivity contribution in [2.24, 2.45) is 0 Å². The van der Waals surface area contributed by atoms with Crippen molar-refractivity contribution in [3.8, 4) is 0 Å². The first-order valence-electron chi connectivity index (χ1n) is 7.97. The molecule has 2 rings (SSSR count). The first-order valence-corrected chi connectivity index (χ1v) is 7.97. The number of rotatable bonds is 6. The number of likely N-dealkylation sites (tertiary alicyclic amines) is 1. The zero-order chi connectivity index (χ0) is 15.2. The second kappa shape index (κ2) is 7.75. The van der Waals surface area contributed by atoms with Crippen molar-refractivity contribution in [2.75, 3.05) is 53.0 Å².